The molecular weight excluding hydrogens is 1030 g/mol. The van der Waals surface area contributed by atoms with Gasteiger partial charge in [0, 0.05) is 48.0 Å². The van der Waals surface area contributed by atoms with Crippen LogP contribution in [0.15, 0.2) is 115 Å². The molecule has 5 aromatic rings. The molecule has 8 atom stereocenters. The zero-order chi connectivity index (χ0) is 57.5. The summed E-state index contributed by atoms with van der Waals surface area (Å²) >= 11 is 1.32. The van der Waals surface area contributed by atoms with E-state index in [0.717, 1.165) is 27.6 Å². The van der Waals surface area contributed by atoms with Gasteiger partial charge in [-0.15, -0.1) is 0 Å². The van der Waals surface area contributed by atoms with Gasteiger partial charge in [0.05, 0.1) is 24.9 Å². The fourth-order valence-electron chi connectivity index (χ4n) is 8.17. The second-order valence-corrected chi connectivity index (χ2v) is 21.4. The smallest absolute Gasteiger partial charge is 0.408 e. The summed E-state index contributed by atoms with van der Waals surface area (Å²) in [7, 11) is 0. The second kappa shape index (κ2) is 31.2. The number of fused-ring (bicyclic) bond motifs is 1. The molecule has 7 amide bonds. The molecule has 4 aromatic carbocycles. The highest BCUT2D eigenvalue weighted by atomic mass is 32.2. The molecule has 79 heavy (non-hydrogen) atoms. The number of aliphatic hydroxyl groups is 3. The van der Waals surface area contributed by atoms with E-state index in [0.29, 0.717) is 23.3 Å². The molecule has 20 nitrogen and oxygen atoms in total. The highest BCUT2D eigenvalue weighted by molar-refractivity contribution is 7.98. The number of aryl methyl sites for hydroxylation is 1. The first-order valence-corrected chi connectivity index (χ1v) is 27.5. The van der Waals surface area contributed by atoms with E-state index in [4.69, 9.17) is 9.47 Å². The molecule has 1 aromatic heterocycles. The summed E-state index contributed by atoms with van der Waals surface area (Å²) in [6.07, 6.45) is -2.15. The molecule has 0 unspecified atom stereocenters. The van der Waals surface area contributed by atoms with E-state index in [1.54, 1.807) is 57.3 Å². The minimum absolute atomic E-state index is 0.0133. The Labute approximate surface area is 465 Å². The number of alkyl carbamates (subject to hydrolysis) is 2. The molecule has 0 fully saturated rings. The Hall–Kier alpha value is -7.46. The van der Waals surface area contributed by atoms with Crippen molar-refractivity contribution in [3.63, 3.8) is 0 Å². The zero-order valence-electron chi connectivity index (χ0n) is 45.6. The summed E-state index contributed by atoms with van der Waals surface area (Å²) in [5, 5.41) is 50.6. The number of hydrogen-bond acceptors (Lipinski definition) is 13. The van der Waals surface area contributed by atoms with Gasteiger partial charge in [-0.1, -0.05) is 109 Å². The quantitative estimate of drug-likeness (QED) is 0.0297. The van der Waals surface area contributed by atoms with Gasteiger partial charge in [-0.05, 0) is 89.1 Å². The molecule has 0 bridgehead atoms. The van der Waals surface area contributed by atoms with Crippen LogP contribution in [-0.2, 0) is 58.6 Å². The molecule has 0 radical (unpaired) electrons. The van der Waals surface area contributed by atoms with Crippen LogP contribution < -0.4 is 37.2 Å². The number of benzene rings is 4. The number of amides is 7. The van der Waals surface area contributed by atoms with Crippen molar-refractivity contribution in [3.05, 3.63) is 143 Å². The number of nitrogens with one attached hydrogen (secondary N) is 8. The number of para-hydroxylation sites is 1. The van der Waals surface area contributed by atoms with Gasteiger partial charge in [0.25, 0.3) is 0 Å². The number of aromatic nitrogens is 1. The third-order valence-electron chi connectivity index (χ3n) is 12.5. The van der Waals surface area contributed by atoms with Crippen LogP contribution in [0.1, 0.15) is 81.7 Å². The molecule has 426 valence electrons. The van der Waals surface area contributed by atoms with Crippen LogP contribution in [0, 0.1) is 6.92 Å². The Kier molecular flexibility index (Phi) is 24.6. The number of rotatable bonds is 29. The predicted molar refractivity (Wildman–Crippen MR) is 301 cm³/mol. The Bertz CT molecular complexity index is 2760. The largest absolute Gasteiger partial charge is 0.445 e. The number of aromatic amines is 1. The lowest BCUT2D eigenvalue weighted by Crippen LogP contribution is -2.62. The first kappa shape index (κ1) is 62.4. The summed E-state index contributed by atoms with van der Waals surface area (Å²) in [5.74, 6) is -3.67. The van der Waals surface area contributed by atoms with Crippen LogP contribution in [0.2, 0.25) is 0 Å². The number of carbonyl (C=O) groups is 7. The molecule has 0 spiro atoms. The van der Waals surface area contributed by atoms with E-state index in [2.05, 4.69) is 42.2 Å². The fourth-order valence-corrected chi connectivity index (χ4v) is 9.19. The zero-order valence-corrected chi connectivity index (χ0v) is 46.4. The van der Waals surface area contributed by atoms with Crippen LogP contribution in [0.25, 0.3) is 10.9 Å². The molecule has 5 rings (SSSR count). The van der Waals surface area contributed by atoms with Crippen LogP contribution in [0.4, 0.5) is 9.59 Å². The standard InChI is InChI=1S/C58H76N8O12S/c1-36-24-26-41(27-25-36)34-79-35-49(54(73)63-48(32-67)37(2)68)64-55(74)50(38(3)69)66-51(70)45(23-15-16-28-59-56(75)77-33-40-19-11-8-12-20-40)61-53(72)47(30-42-31-60-44-22-14-13-21-43(42)44)62-52(71)46(29-39-17-9-7-10-18-39)65-57(76)78-58(4,5)6/h7-14,17-22,24-27,31,37-38,45-50,60,67-69H,15-16,23,28-30,32-35H2,1-6H3,(H,59,75)(H,61,72)(H,62,71)(H,63,73)(H,64,74)(H,65,76)(H,66,70)/t37-,38-,45+,46+,47-,48-,49+,50+/m1/s1. The van der Waals surface area contributed by atoms with Crippen molar-refractivity contribution in [2.45, 2.75) is 140 Å². The maximum atomic E-state index is 14.9. The first-order valence-electron chi connectivity index (χ1n) is 26.3. The number of ether oxygens (including phenoxy) is 2. The van der Waals surface area contributed by atoms with Gasteiger partial charge in [-0.3, -0.25) is 24.0 Å². The van der Waals surface area contributed by atoms with E-state index in [-0.39, 0.29) is 44.6 Å². The van der Waals surface area contributed by atoms with Crippen molar-refractivity contribution in [1.82, 2.24) is 42.2 Å². The normalized spacial score (nSPS) is 14.4. The summed E-state index contributed by atoms with van der Waals surface area (Å²) in [6, 6.07) is 25.1. The minimum Gasteiger partial charge on any atom is -0.445 e. The molecule has 0 aliphatic rings. The number of unbranched alkanes of at least 4 members (excludes halogenated alkanes) is 1. The number of aliphatic hydroxyl groups excluding tert-OH is 3. The molecular formula is C58H76N8O12S. The van der Waals surface area contributed by atoms with Crippen molar-refractivity contribution in [3.8, 4) is 0 Å². The van der Waals surface area contributed by atoms with Gasteiger partial charge in [0.1, 0.15) is 42.4 Å². The summed E-state index contributed by atoms with van der Waals surface area (Å²) < 4.78 is 10.8. The fraction of sp³-hybridized carbons (Fsp3) is 0.431. The Balaban J connectivity index is 1.41. The Morgan fingerprint density at radius 3 is 1.82 bits per heavy atom. The van der Waals surface area contributed by atoms with E-state index in [1.807, 2.05) is 85.8 Å². The van der Waals surface area contributed by atoms with Gasteiger partial charge in [-0.25, -0.2) is 9.59 Å². The van der Waals surface area contributed by atoms with Crippen molar-refractivity contribution < 1.29 is 58.4 Å². The van der Waals surface area contributed by atoms with Crippen molar-refractivity contribution >= 4 is 64.4 Å². The summed E-state index contributed by atoms with van der Waals surface area (Å²) in [6.45, 7) is 9.21. The molecule has 1 heterocycles. The highest BCUT2D eigenvalue weighted by Gasteiger charge is 2.35. The van der Waals surface area contributed by atoms with Crippen molar-refractivity contribution in [2.24, 2.45) is 0 Å². The van der Waals surface area contributed by atoms with Gasteiger partial charge in [-0.2, -0.15) is 11.8 Å². The van der Waals surface area contributed by atoms with Crippen LogP contribution in [-0.4, -0.2) is 135 Å². The van der Waals surface area contributed by atoms with Crippen molar-refractivity contribution in [2.75, 3.05) is 18.9 Å². The number of thioether (sulfide) groups is 1. The molecule has 0 saturated carbocycles. The van der Waals surface area contributed by atoms with E-state index in [1.165, 1.54) is 25.6 Å². The SMILES string of the molecule is Cc1ccc(CSC[C@H](NC(=O)[C@@H](NC(=O)[C@H](CCCCNC(=O)OCc2ccccc2)NC(=O)[C@@H](Cc2c[nH]c3ccccc23)NC(=O)[C@H](Cc2ccccc2)NC(=O)OC(C)(C)C)[C@@H](C)O)C(=O)N[C@H](CO)[C@@H](C)O)cc1. The second-order valence-electron chi connectivity index (χ2n) is 20.4. The van der Waals surface area contributed by atoms with E-state index in [9.17, 15) is 48.9 Å². The lowest BCUT2D eigenvalue weighted by molar-refractivity contribution is -0.136. The molecule has 21 heteroatoms. The summed E-state index contributed by atoms with van der Waals surface area (Å²) in [5.41, 5.74) is 4.00. The molecule has 0 aliphatic carbocycles. The number of H-pyrrole nitrogens is 1. The van der Waals surface area contributed by atoms with Gasteiger partial charge in [0.2, 0.25) is 29.5 Å². The maximum Gasteiger partial charge on any atom is 0.408 e. The number of carbonyl (C=O) groups excluding carboxylic acids is 7. The lowest BCUT2D eigenvalue weighted by Gasteiger charge is -2.29. The van der Waals surface area contributed by atoms with E-state index >= 15 is 0 Å². The maximum absolute atomic E-state index is 14.9. The lowest BCUT2D eigenvalue weighted by atomic mass is 10.0. The molecule has 0 aliphatic heterocycles. The minimum atomic E-state index is -1.69. The third-order valence-corrected chi connectivity index (χ3v) is 13.6. The first-order chi connectivity index (χ1) is 37.7. The Morgan fingerprint density at radius 1 is 0.608 bits per heavy atom. The van der Waals surface area contributed by atoms with Crippen LogP contribution >= 0.6 is 11.8 Å². The third kappa shape index (κ3) is 21.4. The predicted octanol–water partition coefficient (Wildman–Crippen LogP) is 4.36. The summed E-state index contributed by atoms with van der Waals surface area (Å²) in [4.78, 5) is 101. The monoisotopic (exact) mass is 1110 g/mol. The van der Waals surface area contributed by atoms with Gasteiger partial charge < -0.3 is 67.0 Å². The average Bonchev–Trinajstić information content (AvgIpc) is 3.82. The van der Waals surface area contributed by atoms with Gasteiger partial charge >= 0.3 is 12.2 Å². The highest BCUT2D eigenvalue weighted by Crippen LogP contribution is 2.21. The topological polar surface area (TPSA) is 299 Å². The average molecular weight is 1110 g/mol. The number of hydrogen-bond donors (Lipinski definition) is 11. The van der Waals surface area contributed by atoms with Crippen molar-refractivity contribution in [1.29, 1.82) is 0 Å². The molecule has 0 saturated heterocycles. The van der Waals surface area contributed by atoms with Crippen LogP contribution in [0.3, 0.4) is 0 Å². The van der Waals surface area contributed by atoms with Gasteiger partial charge in [0.15, 0.2) is 0 Å². The van der Waals surface area contributed by atoms with Crippen LogP contribution in [0.5, 0.6) is 0 Å². The Morgan fingerprint density at radius 2 is 1.19 bits per heavy atom. The molecule has 11 N–H and O–H groups in total. The van der Waals surface area contributed by atoms with E-state index < -0.39 is 102 Å².